The number of amides is 2. The number of pyridine rings is 1. The number of aromatic nitrogens is 1. The summed E-state index contributed by atoms with van der Waals surface area (Å²) in [6.07, 6.45) is 1.59. The number of carbonyl (C=O) groups is 2. The van der Waals surface area contributed by atoms with Crippen LogP contribution >= 0.6 is 0 Å². The summed E-state index contributed by atoms with van der Waals surface area (Å²) in [6.45, 7) is 14.8. The largest absolute Gasteiger partial charge is 0.333 e. The van der Waals surface area contributed by atoms with Crippen LogP contribution in [0.25, 0.3) is 0 Å². The summed E-state index contributed by atoms with van der Waals surface area (Å²) in [5, 5.41) is 3.47. The number of hydrogen-bond donors (Lipinski definition) is 1. The zero-order chi connectivity index (χ0) is 26.4. The number of rotatable bonds is 7. The highest BCUT2D eigenvalue weighted by Gasteiger charge is 2.42. The summed E-state index contributed by atoms with van der Waals surface area (Å²) >= 11 is 0. The Morgan fingerprint density at radius 3 is 2.67 bits per heavy atom. The minimum absolute atomic E-state index is 0.00947. The molecule has 9 heteroatoms. The molecule has 0 aromatic carbocycles. The maximum absolute atomic E-state index is 14.7. The van der Waals surface area contributed by atoms with Gasteiger partial charge in [0.15, 0.2) is 0 Å². The quantitative estimate of drug-likeness (QED) is 0.618. The number of hydrogen-bond acceptors (Lipinski definition) is 5. The summed E-state index contributed by atoms with van der Waals surface area (Å²) in [5.74, 6) is -3.09. The first kappa shape index (κ1) is 26.7. The van der Waals surface area contributed by atoms with Crippen molar-refractivity contribution in [3.8, 4) is 0 Å². The molecule has 0 saturated carbocycles. The predicted molar refractivity (Wildman–Crippen MR) is 136 cm³/mol. The molecule has 2 atom stereocenters. The number of alkyl halides is 2. The summed E-state index contributed by atoms with van der Waals surface area (Å²) in [6, 6.07) is 1.61. The number of fused-ring (bicyclic) bond motifs is 1. The van der Waals surface area contributed by atoms with Gasteiger partial charge in [-0.15, -0.1) is 0 Å². The Morgan fingerprint density at radius 2 is 2.03 bits per heavy atom. The smallest absolute Gasteiger partial charge is 0.289 e. The molecule has 0 radical (unpaired) electrons. The van der Waals surface area contributed by atoms with Crippen molar-refractivity contribution in [2.24, 2.45) is 0 Å². The standard InChI is InChI=1S/C27H39F2N5O2/c1-7-8-27(28,29)23-9-22-21(11-31-23)26(5,6)16-34(22)24(35)15-32-13-18(3)30-10-20(32)14-33-12-17(2)19(4)25(33)36/h9,11,18,20,30H,7-8,10,12-16H2,1-6H3/t18?,20-/m1/s1. The zero-order valence-corrected chi connectivity index (χ0v) is 22.3. The van der Waals surface area contributed by atoms with E-state index in [1.54, 1.807) is 11.8 Å². The highest BCUT2D eigenvalue weighted by Crippen LogP contribution is 2.43. The fraction of sp³-hybridized carbons (Fsp3) is 0.667. The Labute approximate surface area is 212 Å². The molecular formula is C27H39F2N5O2. The van der Waals surface area contributed by atoms with Crippen molar-refractivity contribution in [1.29, 1.82) is 0 Å². The summed E-state index contributed by atoms with van der Waals surface area (Å²) in [7, 11) is 0. The van der Waals surface area contributed by atoms with E-state index in [9.17, 15) is 18.4 Å². The lowest BCUT2D eigenvalue weighted by Crippen LogP contribution is -2.61. The predicted octanol–water partition coefficient (Wildman–Crippen LogP) is 3.44. The van der Waals surface area contributed by atoms with E-state index in [0.29, 0.717) is 44.8 Å². The Kier molecular flexibility index (Phi) is 7.27. The third-order valence-corrected chi connectivity index (χ3v) is 7.87. The maximum atomic E-state index is 14.7. The minimum Gasteiger partial charge on any atom is -0.333 e. The summed E-state index contributed by atoms with van der Waals surface area (Å²) in [4.78, 5) is 36.1. The van der Waals surface area contributed by atoms with Gasteiger partial charge < -0.3 is 15.1 Å². The molecule has 1 aromatic rings. The molecule has 1 unspecified atom stereocenters. The number of halogens is 2. The van der Waals surface area contributed by atoms with Gasteiger partial charge in [0.05, 0.1) is 12.2 Å². The number of nitrogens with one attached hydrogen (secondary N) is 1. The maximum Gasteiger partial charge on any atom is 0.289 e. The van der Waals surface area contributed by atoms with Crippen LogP contribution in [-0.2, 0) is 20.9 Å². The molecule has 7 nitrogen and oxygen atoms in total. The molecule has 198 valence electrons. The van der Waals surface area contributed by atoms with Crippen molar-refractivity contribution < 1.29 is 18.4 Å². The molecule has 3 aliphatic heterocycles. The zero-order valence-electron chi connectivity index (χ0n) is 22.3. The van der Waals surface area contributed by atoms with Crippen molar-refractivity contribution in [3.05, 3.63) is 34.7 Å². The molecule has 1 aromatic heterocycles. The molecule has 3 aliphatic rings. The Morgan fingerprint density at radius 1 is 1.31 bits per heavy atom. The third kappa shape index (κ3) is 5.05. The van der Waals surface area contributed by atoms with Gasteiger partial charge in [-0.2, -0.15) is 8.78 Å². The van der Waals surface area contributed by atoms with E-state index in [-0.39, 0.29) is 48.0 Å². The second-order valence-electron chi connectivity index (χ2n) is 11.4. The number of carbonyl (C=O) groups excluding carboxylic acids is 2. The second-order valence-corrected chi connectivity index (χ2v) is 11.4. The SMILES string of the molecule is CCCC(F)(F)c1cc2c(cn1)C(C)(C)CN2C(=O)CN1CC(C)NC[C@@H]1CN1CC(C)=C(C)C1=O. The molecule has 1 fully saturated rings. The van der Waals surface area contributed by atoms with Crippen molar-refractivity contribution in [2.75, 3.05) is 44.2 Å². The lowest BCUT2D eigenvalue weighted by atomic mass is 9.88. The topological polar surface area (TPSA) is 68.8 Å². The van der Waals surface area contributed by atoms with E-state index >= 15 is 0 Å². The molecular weight excluding hydrogens is 464 g/mol. The van der Waals surface area contributed by atoms with Crippen LogP contribution in [0.5, 0.6) is 0 Å². The molecule has 1 N–H and O–H groups in total. The van der Waals surface area contributed by atoms with Gasteiger partial charge >= 0.3 is 0 Å². The van der Waals surface area contributed by atoms with Gasteiger partial charge in [0, 0.05) is 74.0 Å². The number of anilines is 1. The van der Waals surface area contributed by atoms with Gasteiger partial charge in [-0.1, -0.05) is 27.2 Å². The van der Waals surface area contributed by atoms with E-state index in [1.165, 1.54) is 12.3 Å². The van der Waals surface area contributed by atoms with Crippen molar-refractivity contribution in [1.82, 2.24) is 20.1 Å². The molecule has 1 saturated heterocycles. The molecule has 4 rings (SSSR count). The summed E-state index contributed by atoms with van der Waals surface area (Å²) in [5.41, 5.74) is 2.58. The van der Waals surface area contributed by atoms with E-state index in [4.69, 9.17) is 0 Å². The molecule has 0 spiro atoms. The first-order valence-electron chi connectivity index (χ1n) is 13.0. The van der Waals surface area contributed by atoms with E-state index in [0.717, 1.165) is 16.7 Å². The van der Waals surface area contributed by atoms with Gasteiger partial charge in [-0.3, -0.25) is 19.5 Å². The van der Waals surface area contributed by atoms with Crippen LogP contribution in [0.2, 0.25) is 0 Å². The first-order chi connectivity index (χ1) is 16.8. The van der Waals surface area contributed by atoms with Crippen LogP contribution in [0, 0.1) is 0 Å². The lowest BCUT2D eigenvalue weighted by Gasteiger charge is -2.41. The van der Waals surface area contributed by atoms with E-state index in [2.05, 4.69) is 22.1 Å². The Bertz CT molecular complexity index is 1070. The van der Waals surface area contributed by atoms with E-state index < -0.39 is 5.92 Å². The summed E-state index contributed by atoms with van der Waals surface area (Å²) < 4.78 is 29.4. The van der Waals surface area contributed by atoms with Gasteiger partial charge in [0.2, 0.25) is 11.8 Å². The second kappa shape index (κ2) is 9.82. The van der Waals surface area contributed by atoms with Crippen LogP contribution in [0.3, 0.4) is 0 Å². The minimum atomic E-state index is -3.03. The lowest BCUT2D eigenvalue weighted by molar-refractivity contribution is -0.126. The average Bonchev–Trinajstić information content (AvgIpc) is 3.22. The number of nitrogens with zero attached hydrogens (tertiary/aromatic N) is 4. The van der Waals surface area contributed by atoms with Crippen LogP contribution in [0.1, 0.15) is 65.6 Å². The first-order valence-corrected chi connectivity index (χ1v) is 13.0. The van der Waals surface area contributed by atoms with E-state index in [1.807, 2.05) is 32.6 Å². The van der Waals surface area contributed by atoms with Gasteiger partial charge in [0.25, 0.3) is 5.92 Å². The Balaban J connectivity index is 1.54. The molecule has 0 bridgehead atoms. The highest BCUT2D eigenvalue weighted by atomic mass is 19.3. The normalized spacial score (nSPS) is 24.6. The van der Waals surface area contributed by atoms with Crippen molar-refractivity contribution in [2.45, 2.75) is 77.8 Å². The van der Waals surface area contributed by atoms with Gasteiger partial charge in [-0.25, -0.2) is 0 Å². The van der Waals surface area contributed by atoms with Crippen LogP contribution < -0.4 is 10.2 Å². The number of piperazine rings is 1. The van der Waals surface area contributed by atoms with Crippen LogP contribution in [0.15, 0.2) is 23.4 Å². The monoisotopic (exact) mass is 503 g/mol. The average molecular weight is 504 g/mol. The third-order valence-electron chi connectivity index (χ3n) is 7.87. The van der Waals surface area contributed by atoms with Crippen LogP contribution in [0.4, 0.5) is 14.5 Å². The van der Waals surface area contributed by atoms with Crippen LogP contribution in [-0.4, -0.2) is 78.0 Å². The fourth-order valence-corrected chi connectivity index (χ4v) is 5.58. The van der Waals surface area contributed by atoms with Gasteiger partial charge in [0.1, 0.15) is 5.69 Å². The molecule has 2 amide bonds. The van der Waals surface area contributed by atoms with Gasteiger partial charge in [-0.05, 0) is 32.4 Å². The molecule has 0 aliphatic carbocycles. The highest BCUT2D eigenvalue weighted by molar-refractivity contribution is 5.98. The molecule has 4 heterocycles. The van der Waals surface area contributed by atoms with Crippen molar-refractivity contribution in [3.63, 3.8) is 0 Å². The Hall–Kier alpha value is -2.39. The molecule has 36 heavy (non-hydrogen) atoms. The fourth-order valence-electron chi connectivity index (χ4n) is 5.58. The van der Waals surface area contributed by atoms with Crippen molar-refractivity contribution >= 4 is 17.5 Å².